The summed E-state index contributed by atoms with van der Waals surface area (Å²) in [5, 5.41) is 3.80. The smallest absolute Gasteiger partial charge is 0.251 e. The predicted molar refractivity (Wildman–Crippen MR) is 117 cm³/mol. The molecule has 4 atom stereocenters. The van der Waals surface area contributed by atoms with E-state index in [-0.39, 0.29) is 36.0 Å². The first-order chi connectivity index (χ1) is 13.2. The van der Waals surface area contributed by atoms with Crippen molar-refractivity contribution in [3.05, 3.63) is 0 Å². The molecule has 2 saturated carbocycles. The first-order valence-electron chi connectivity index (χ1n) is 10.7. The highest BCUT2D eigenvalue weighted by Crippen LogP contribution is 2.62. The maximum absolute atomic E-state index is 12.6. The van der Waals surface area contributed by atoms with Gasteiger partial charge < -0.3 is 24.6 Å². The molecule has 4 unspecified atom stereocenters. The Morgan fingerprint density at radius 2 is 1.79 bits per heavy atom. The number of piperazine rings is 1. The van der Waals surface area contributed by atoms with Gasteiger partial charge >= 0.3 is 0 Å². The molecule has 5 fully saturated rings. The number of hydrogen-bond donors (Lipinski definition) is 1. The molecule has 0 radical (unpaired) electrons. The third-order valence-electron chi connectivity index (χ3n) is 7.63. The van der Waals surface area contributed by atoms with Gasteiger partial charge in [0.1, 0.15) is 6.10 Å². The molecule has 0 aromatic carbocycles. The first-order valence-corrected chi connectivity index (χ1v) is 10.7. The highest BCUT2D eigenvalue weighted by Gasteiger charge is 2.66. The van der Waals surface area contributed by atoms with Crippen LogP contribution >= 0.6 is 24.0 Å². The summed E-state index contributed by atoms with van der Waals surface area (Å²) in [4.78, 5) is 21.4. The minimum absolute atomic E-state index is 0. The van der Waals surface area contributed by atoms with Crippen LogP contribution in [-0.4, -0.2) is 86.4 Å². The number of ether oxygens (including phenoxy) is 2. The van der Waals surface area contributed by atoms with Gasteiger partial charge in [0.05, 0.1) is 6.10 Å². The number of carbonyl (C=O) groups excluding carboxylic acids is 1. The molecule has 28 heavy (non-hydrogen) atoms. The molecule has 3 aliphatic heterocycles. The Labute approximate surface area is 184 Å². The van der Waals surface area contributed by atoms with Crippen LogP contribution in [0.1, 0.15) is 38.5 Å². The van der Waals surface area contributed by atoms with Crippen molar-refractivity contribution in [3.63, 3.8) is 0 Å². The van der Waals surface area contributed by atoms with Crippen LogP contribution in [0.2, 0.25) is 0 Å². The zero-order valence-corrected chi connectivity index (χ0v) is 19.1. The van der Waals surface area contributed by atoms with Crippen LogP contribution in [0.25, 0.3) is 0 Å². The number of hydrogen-bond acceptors (Lipinski definition) is 4. The van der Waals surface area contributed by atoms with Crippen molar-refractivity contribution in [2.45, 2.75) is 56.8 Å². The summed E-state index contributed by atoms with van der Waals surface area (Å²) < 4.78 is 11.6. The molecule has 3 saturated heterocycles. The van der Waals surface area contributed by atoms with E-state index in [9.17, 15) is 4.79 Å². The summed E-state index contributed by atoms with van der Waals surface area (Å²) in [6.07, 6.45) is 7.21. The number of nitrogens with one attached hydrogen (secondary N) is 1. The monoisotopic (exact) mass is 504 g/mol. The SMILES string of the molecule is CN=C(NC1C2CCOC2C12CCC2)N1CCN(C(=O)C2CCCO2)CC1.I. The van der Waals surface area contributed by atoms with E-state index in [1.165, 1.54) is 25.7 Å². The van der Waals surface area contributed by atoms with Gasteiger partial charge in [-0.25, -0.2) is 0 Å². The van der Waals surface area contributed by atoms with Crippen LogP contribution in [0.15, 0.2) is 4.99 Å². The van der Waals surface area contributed by atoms with Crippen molar-refractivity contribution >= 4 is 35.8 Å². The summed E-state index contributed by atoms with van der Waals surface area (Å²) in [6.45, 7) is 4.82. The quantitative estimate of drug-likeness (QED) is 0.351. The normalized spacial score (nSPS) is 36.4. The summed E-state index contributed by atoms with van der Waals surface area (Å²) in [5.74, 6) is 1.82. The first kappa shape index (κ1) is 20.7. The van der Waals surface area contributed by atoms with Crippen LogP contribution in [-0.2, 0) is 14.3 Å². The molecule has 0 aromatic heterocycles. The molecule has 5 rings (SSSR count). The molecular formula is C20H33IN4O3. The maximum Gasteiger partial charge on any atom is 0.251 e. The lowest BCUT2D eigenvalue weighted by Gasteiger charge is -2.63. The van der Waals surface area contributed by atoms with E-state index < -0.39 is 0 Å². The molecule has 2 aliphatic carbocycles. The Morgan fingerprint density at radius 1 is 1.04 bits per heavy atom. The van der Waals surface area contributed by atoms with Gasteiger partial charge in [-0.2, -0.15) is 0 Å². The molecule has 7 nitrogen and oxygen atoms in total. The number of guanidine groups is 1. The molecule has 1 spiro atoms. The standard InChI is InChI=1S/C20H32N4O3.HI/c1-21-19(22-16-14-5-13-27-17(14)20(16)6-3-7-20)24-10-8-23(9-11-24)18(25)15-4-2-12-26-15;/h14-17H,2-13H2,1H3,(H,21,22);1H. The van der Waals surface area contributed by atoms with Gasteiger partial charge in [0, 0.05) is 63.8 Å². The lowest BCUT2D eigenvalue weighted by Crippen LogP contribution is -2.73. The molecule has 1 amide bonds. The van der Waals surface area contributed by atoms with Crippen molar-refractivity contribution < 1.29 is 14.3 Å². The van der Waals surface area contributed by atoms with Crippen LogP contribution in [0.3, 0.4) is 0 Å². The largest absolute Gasteiger partial charge is 0.377 e. The van der Waals surface area contributed by atoms with E-state index in [1.54, 1.807) is 0 Å². The van der Waals surface area contributed by atoms with E-state index in [2.05, 4.69) is 15.2 Å². The highest BCUT2D eigenvalue weighted by molar-refractivity contribution is 14.0. The zero-order chi connectivity index (χ0) is 18.4. The van der Waals surface area contributed by atoms with Crippen molar-refractivity contribution in [3.8, 4) is 0 Å². The van der Waals surface area contributed by atoms with Crippen molar-refractivity contribution in [2.24, 2.45) is 16.3 Å². The second kappa shape index (κ2) is 8.26. The molecule has 158 valence electrons. The summed E-state index contributed by atoms with van der Waals surface area (Å²) in [7, 11) is 1.88. The van der Waals surface area contributed by atoms with E-state index in [1.807, 2.05) is 11.9 Å². The fraction of sp³-hybridized carbons (Fsp3) is 0.900. The third-order valence-corrected chi connectivity index (χ3v) is 7.63. The number of aliphatic imine (C=N–C) groups is 1. The van der Waals surface area contributed by atoms with Gasteiger partial charge in [0.25, 0.3) is 5.91 Å². The molecular weight excluding hydrogens is 471 g/mol. The average Bonchev–Trinajstić information content (AvgIpc) is 3.32. The Balaban J connectivity index is 0.00000192. The molecule has 5 aliphatic rings. The summed E-state index contributed by atoms with van der Waals surface area (Å²) in [6, 6.07) is 0.504. The molecule has 3 heterocycles. The van der Waals surface area contributed by atoms with Crippen molar-refractivity contribution in [2.75, 3.05) is 46.4 Å². The van der Waals surface area contributed by atoms with Crippen molar-refractivity contribution in [1.82, 2.24) is 15.1 Å². The van der Waals surface area contributed by atoms with Crippen LogP contribution in [0.4, 0.5) is 0 Å². The van der Waals surface area contributed by atoms with E-state index in [4.69, 9.17) is 9.47 Å². The van der Waals surface area contributed by atoms with E-state index in [0.717, 1.165) is 58.2 Å². The second-order valence-corrected chi connectivity index (χ2v) is 8.81. The van der Waals surface area contributed by atoms with Gasteiger partial charge in [-0.1, -0.05) is 6.42 Å². The molecule has 1 N–H and O–H groups in total. The Morgan fingerprint density at radius 3 is 2.39 bits per heavy atom. The number of nitrogens with zero attached hydrogens (tertiary/aromatic N) is 3. The highest BCUT2D eigenvalue weighted by atomic mass is 127. The average molecular weight is 504 g/mol. The topological polar surface area (TPSA) is 66.4 Å². The second-order valence-electron chi connectivity index (χ2n) is 8.81. The van der Waals surface area contributed by atoms with Gasteiger partial charge in [-0.3, -0.25) is 9.79 Å². The number of rotatable bonds is 2. The minimum atomic E-state index is -0.207. The van der Waals surface area contributed by atoms with Gasteiger partial charge in [-0.15, -0.1) is 24.0 Å². The Hall–Kier alpha value is -0.610. The fourth-order valence-electron chi connectivity index (χ4n) is 6.01. The van der Waals surface area contributed by atoms with E-state index in [0.29, 0.717) is 23.5 Å². The van der Waals surface area contributed by atoms with Crippen LogP contribution in [0.5, 0.6) is 0 Å². The fourth-order valence-corrected chi connectivity index (χ4v) is 6.01. The zero-order valence-electron chi connectivity index (χ0n) is 16.8. The van der Waals surface area contributed by atoms with Crippen molar-refractivity contribution in [1.29, 1.82) is 0 Å². The van der Waals surface area contributed by atoms with Crippen LogP contribution < -0.4 is 5.32 Å². The lowest BCUT2D eigenvalue weighted by molar-refractivity contribution is -0.171. The van der Waals surface area contributed by atoms with Gasteiger partial charge in [-0.05, 0) is 32.1 Å². The minimum Gasteiger partial charge on any atom is -0.377 e. The lowest BCUT2D eigenvalue weighted by atomic mass is 9.46. The number of fused-ring (bicyclic) bond motifs is 2. The maximum atomic E-state index is 12.6. The van der Waals surface area contributed by atoms with Crippen LogP contribution in [0, 0.1) is 11.3 Å². The summed E-state index contributed by atoms with van der Waals surface area (Å²) in [5.41, 5.74) is 0.356. The number of amides is 1. The Bertz CT molecular complexity index is 613. The Kier molecular flexibility index (Phi) is 6.09. The third kappa shape index (κ3) is 3.23. The molecule has 0 aromatic rings. The predicted octanol–water partition coefficient (Wildman–Crippen LogP) is 1.46. The molecule has 8 heteroatoms. The number of halogens is 1. The molecule has 0 bridgehead atoms. The summed E-state index contributed by atoms with van der Waals surface area (Å²) >= 11 is 0. The number of carbonyl (C=O) groups is 1. The van der Waals surface area contributed by atoms with Gasteiger partial charge in [0.15, 0.2) is 5.96 Å². The van der Waals surface area contributed by atoms with Gasteiger partial charge in [0.2, 0.25) is 0 Å². The van der Waals surface area contributed by atoms with E-state index >= 15 is 0 Å².